The van der Waals surface area contributed by atoms with Gasteiger partial charge in [0.25, 0.3) is 0 Å². The zero-order chi connectivity index (χ0) is 13.5. The van der Waals surface area contributed by atoms with E-state index in [4.69, 9.17) is 4.74 Å². The van der Waals surface area contributed by atoms with E-state index in [0.29, 0.717) is 0 Å². The summed E-state index contributed by atoms with van der Waals surface area (Å²) < 4.78 is 5.66. The lowest BCUT2D eigenvalue weighted by molar-refractivity contribution is -0.132. The molecule has 1 N–H and O–H groups in total. The summed E-state index contributed by atoms with van der Waals surface area (Å²) in [6, 6.07) is -0.138. The van der Waals surface area contributed by atoms with Gasteiger partial charge in [-0.2, -0.15) is 0 Å². The molecule has 0 aromatic carbocycles. The van der Waals surface area contributed by atoms with Crippen molar-refractivity contribution < 1.29 is 9.53 Å². The lowest BCUT2D eigenvalue weighted by Gasteiger charge is -2.31. The van der Waals surface area contributed by atoms with Crippen LogP contribution in [-0.2, 0) is 9.53 Å². The van der Waals surface area contributed by atoms with Crippen molar-refractivity contribution >= 4 is 5.91 Å². The second-order valence-corrected chi connectivity index (χ2v) is 4.90. The molecule has 0 aliphatic carbocycles. The Morgan fingerprint density at radius 2 is 2.17 bits per heavy atom. The first-order chi connectivity index (χ1) is 8.58. The summed E-state index contributed by atoms with van der Waals surface area (Å²) in [6.07, 6.45) is 0.190. The summed E-state index contributed by atoms with van der Waals surface area (Å²) in [5.74, 6) is 0.171. The zero-order valence-corrected chi connectivity index (χ0v) is 12.1. The molecule has 0 radical (unpaired) electrons. The van der Waals surface area contributed by atoms with Crippen LogP contribution in [0.15, 0.2) is 0 Å². The summed E-state index contributed by atoms with van der Waals surface area (Å²) >= 11 is 0. The topological polar surface area (TPSA) is 44.8 Å². The Bertz CT molecular complexity index is 257. The normalized spacial score (nSPS) is 22.8. The molecule has 2 atom stereocenters. The fourth-order valence-corrected chi connectivity index (χ4v) is 2.19. The molecule has 0 bridgehead atoms. The van der Waals surface area contributed by atoms with E-state index in [9.17, 15) is 4.79 Å². The Morgan fingerprint density at radius 1 is 1.50 bits per heavy atom. The first kappa shape index (κ1) is 15.4. The van der Waals surface area contributed by atoms with Gasteiger partial charge in [-0.05, 0) is 27.8 Å². The molecular formula is C13H27N3O2. The SMILES string of the molecule is CCN(CC)C(=O)C(C)NCC1CN(C)CCO1. The minimum absolute atomic E-state index is 0.138. The molecule has 5 heteroatoms. The second-order valence-electron chi connectivity index (χ2n) is 4.90. The van der Waals surface area contributed by atoms with Crippen LogP contribution in [-0.4, -0.2) is 74.2 Å². The minimum Gasteiger partial charge on any atom is -0.374 e. The molecule has 1 saturated heterocycles. The third-order valence-corrected chi connectivity index (χ3v) is 3.44. The van der Waals surface area contributed by atoms with Crippen LogP contribution in [0.2, 0.25) is 0 Å². The lowest BCUT2D eigenvalue weighted by atomic mass is 10.2. The Labute approximate surface area is 110 Å². The number of nitrogens with zero attached hydrogens (tertiary/aromatic N) is 2. The van der Waals surface area contributed by atoms with Crippen LogP contribution in [0.3, 0.4) is 0 Å². The Balaban J connectivity index is 2.31. The highest BCUT2D eigenvalue weighted by Crippen LogP contribution is 2.02. The molecule has 2 unspecified atom stereocenters. The average molecular weight is 257 g/mol. The summed E-state index contributed by atoms with van der Waals surface area (Å²) in [5.41, 5.74) is 0. The van der Waals surface area contributed by atoms with Gasteiger partial charge in [0.05, 0.1) is 18.8 Å². The molecule has 1 amide bonds. The van der Waals surface area contributed by atoms with Crippen molar-refractivity contribution in [1.82, 2.24) is 15.1 Å². The van der Waals surface area contributed by atoms with Gasteiger partial charge >= 0.3 is 0 Å². The first-order valence-electron chi connectivity index (χ1n) is 6.90. The number of carbonyl (C=O) groups excluding carboxylic acids is 1. The van der Waals surface area contributed by atoms with Gasteiger partial charge in [0.15, 0.2) is 0 Å². The number of morpholine rings is 1. The molecule has 106 valence electrons. The van der Waals surface area contributed by atoms with Gasteiger partial charge in [0, 0.05) is 32.7 Å². The van der Waals surface area contributed by atoms with Crippen molar-refractivity contribution in [1.29, 1.82) is 0 Å². The van der Waals surface area contributed by atoms with Crippen LogP contribution in [0, 0.1) is 0 Å². The molecule has 0 aromatic heterocycles. The number of likely N-dealkylation sites (N-methyl/N-ethyl adjacent to an activating group) is 2. The van der Waals surface area contributed by atoms with E-state index in [0.717, 1.165) is 39.3 Å². The van der Waals surface area contributed by atoms with Crippen molar-refractivity contribution in [2.75, 3.05) is 46.4 Å². The zero-order valence-electron chi connectivity index (χ0n) is 12.1. The van der Waals surface area contributed by atoms with Gasteiger partial charge in [0.2, 0.25) is 5.91 Å². The summed E-state index contributed by atoms with van der Waals surface area (Å²) in [4.78, 5) is 16.2. The largest absolute Gasteiger partial charge is 0.374 e. The maximum absolute atomic E-state index is 12.1. The van der Waals surface area contributed by atoms with Crippen LogP contribution >= 0.6 is 0 Å². The van der Waals surface area contributed by atoms with Gasteiger partial charge in [-0.3, -0.25) is 4.79 Å². The number of amides is 1. The van der Waals surface area contributed by atoms with Crippen molar-refractivity contribution in [2.45, 2.75) is 32.9 Å². The predicted molar refractivity (Wildman–Crippen MR) is 72.6 cm³/mol. The number of rotatable bonds is 6. The highest BCUT2D eigenvalue weighted by atomic mass is 16.5. The maximum Gasteiger partial charge on any atom is 0.239 e. The quantitative estimate of drug-likeness (QED) is 0.736. The van der Waals surface area contributed by atoms with Crippen LogP contribution in [0.5, 0.6) is 0 Å². The van der Waals surface area contributed by atoms with E-state index in [1.807, 2.05) is 25.7 Å². The number of carbonyl (C=O) groups is 1. The van der Waals surface area contributed by atoms with Crippen LogP contribution < -0.4 is 5.32 Å². The number of ether oxygens (including phenoxy) is 1. The third kappa shape index (κ3) is 4.55. The van der Waals surface area contributed by atoms with Gasteiger partial charge < -0.3 is 19.9 Å². The van der Waals surface area contributed by atoms with E-state index >= 15 is 0 Å². The number of nitrogens with one attached hydrogen (secondary N) is 1. The third-order valence-electron chi connectivity index (χ3n) is 3.44. The average Bonchev–Trinajstić information content (AvgIpc) is 2.37. The summed E-state index contributed by atoms with van der Waals surface area (Å²) in [7, 11) is 2.10. The van der Waals surface area contributed by atoms with Gasteiger partial charge in [0.1, 0.15) is 0 Å². The van der Waals surface area contributed by atoms with Gasteiger partial charge in [-0.1, -0.05) is 0 Å². The van der Waals surface area contributed by atoms with Crippen molar-refractivity contribution in [2.24, 2.45) is 0 Å². The molecule has 18 heavy (non-hydrogen) atoms. The van der Waals surface area contributed by atoms with Crippen LogP contribution in [0.1, 0.15) is 20.8 Å². The van der Waals surface area contributed by atoms with E-state index in [1.54, 1.807) is 0 Å². The highest BCUT2D eigenvalue weighted by Gasteiger charge is 2.21. The molecule has 1 fully saturated rings. The standard InChI is InChI=1S/C13H27N3O2/c1-5-16(6-2)13(17)11(3)14-9-12-10-15(4)7-8-18-12/h11-12,14H,5-10H2,1-4H3. The highest BCUT2D eigenvalue weighted by molar-refractivity contribution is 5.81. The fraction of sp³-hybridized carbons (Fsp3) is 0.923. The van der Waals surface area contributed by atoms with E-state index in [1.165, 1.54) is 0 Å². The van der Waals surface area contributed by atoms with Gasteiger partial charge in [-0.15, -0.1) is 0 Å². The molecule has 0 aromatic rings. The first-order valence-corrected chi connectivity index (χ1v) is 6.90. The second kappa shape index (κ2) is 7.71. The predicted octanol–water partition coefficient (Wildman–Crippen LogP) is 0.164. The van der Waals surface area contributed by atoms with Crippen molar-refractivity contribution in [3.8, 4) is 0 Å². The van der Waals surface area contributed by atoms with Gasteiger partial charge in [-0.25, -0.2) is 0 Å². The Hall–Kier alpha value is -0.650. The van der Waals surface area contributed by atoms with Crippen molar-refractivity contribution in [3.63, 3.8) is 0 Å². The fourth-order valence-electron chi connectivity index (χ4n) is 2.19. The van der Waals surface area contributed by atoms with Crippen LogP contribution in [0.25, 0.3) is 0 Å². The summed E-state index contributed by atoms with van der Waals surface area (Å²) in [5, 5.41) is 3.28. The molecule has 1 aliphatic heterocycles. The molecule has 5 nitrogen and oxygen atoms in total. The summed E-state index contributed by atoms with van der Waals surface area (Å²) in [6.45, 7) is 10.9. The maximum atomic E-state index is 12.1. The minimum atomic E-state index is -0.138. The number of hydrogen-bond acceptors (Lipinski definition) is 4. The molecule has 1 heterocycles. The van der Waals surface area contributed by atoms with E-state index in [-0.39, 0.29) is 18.1 Å². The Morgan fingerprint density at radius 3 is 2.72 bits per heavy atom. The Kier molecular flexibility index (Phi) is 6.60. The molecule has 0 spiro atoms. The molecule has 1 aliphatic rings. The molecule has 1 rings (SSSR count). The number of hydrogen-bond donors (Lipinski definition) is 1. The molecule has 0 saturated carbocycles. The van der Waals surface area contributed by atoms with E-state index in [2.05, 4.69) is 17.3 Å². The smallest absolute Gasteiger partial charge is 0.239 e. The van der Waals surface area contributed by atoms with E-state index < -0.39 is 0 Å². The lowest BCUT2D eigenvalue weighted by Crippen LogP contribution is -2.50. The monoisotopic (exact) mass is 257 g/mol. The van der Waals surface area contributed by atoms with Crippen LogP contribution in [0.4, 0.5) is 0 Å². The van der Waals surface area contributed by atoms with Crippen molar-refractivity contribution in [3.05, 3.63) is 0 Å². The molecular weight excluding hydrogens is 230 g/mol.